The summed E-state index contributed by atoms with van der Waals surface area (Å²) in [5.41, 5.74) is 0.429. The van der Waals surface area contributed by atoms with Crippen molar-refractivity contribution in [3.05, 3.63) is 62.7 Å². The van der Waals surface area contributed by atoms with Crippen molar-refractivity contribution in [2.45, 2.75) is 11.4 Å². The van der Waals surface area contributed by atoms with Crippen molar-refractivity contribution in [1.82, 2.24) is 9.62 Å². The second-order valence-corrected chi connectivity index (χ2v) is 8.70. The Balaban J connectivity index is 2.24. The number of rotatable bonds is 5. The predicted molar refractivity (Wildman–Crippen MR) is 97.6 cm³/mol. The van der Waals surface area contributed by atoms with Crippen LogP contribution in [0.3, 0.4) is 0 Å². The molecule has 0 heterocycles. The summed E-state index contributed by atoms with van der Waals surface area (Å²) < 4.78 is 52.3. The van der Waals surface area contributed by atoms with Crippen LogP contribution in [0.2, 0.25) is 0 Å². The maximum Gasteiger partial charge on any atom is 0.252 e. The van der Waals surface area contributed by atoms with Gasteiger partial charge in [0.15, 0.2) is 0 Å². The van der Waals surface area contributed by atoms with Crippen LogP contribution < -0.4 is 5.32 Å². The number of amides is 1. The van der Waals surface area contributed by atoms with Crippen LogP contribution in [0.4, 0.5) is 8.78 Å². The molecule has 0 aliphatic rings. The zero-order valence-electron chi connectivity index (χ0n) is 13.4. The zero-order valence-corrected chi connectivity index (χ0v) is 16.4. The molecule has 0 aliphatic heterocycles. The molecule has 0 unspecified atom stereocenters. The third-order valence-electron chi connectivity index (χ3n) is 3.34. The van der Waals surface area contributed by atoms with Gasteiger partial charge in [0.2, 0.25) is 10.0 Å². The van der Waals surface area contributed by atoms with Crippen LogP contribution >= 0.6 is 22.6 Å². The molecule has 9 heteroatoms. The van der Waals surface area contributed by atoms with Crippen LogP contribution in [0.5, 0.6) is 0 Å². The van der Waals surface area contributed by atoms with E-state index in [2.05, 4.69) is 5.32 Å². The minimum Gasteiger partial charge on any atom is -0.348 e. The Labute approximate surface area is 158 Å². The van der Waals surface area contributed by atoms with E-state index in [1.807, 2.05) is 22.6 Å². The van der Waals surface area contributed by atoms with Gasteiger partial charge in [-0.1, -0.05) is 0 Å². The number of benzene rings is 2. The maximum absolute atomic E-state index is 13.2. The van der Waals surface area contributed by atoms with Gasteiger partial charge >= 0.3 is 0 Å². The highest BCUT2D eigenvalue weighted by molar-refractivity contribution is 14.1. The molecule has 2 rings (SSSR count). The van der Waals surface area contributed by atoms with E-state index in [4.69, 9.17) is 0 Å². The van der Waals surface area contributed by atoms with Crippen molar-refractivity contribution in [1.29, 1.82) is 0 Å². The van der Waals surface area contributed by atoms with E-state index in [-0.39, 0.29) is 22.6 Å². The summed E-state index contributed by atoms with van der Waals surface area (Å²) in [5.74, 6) is -2.01. The van der Waals surface area contributed by atoms with Gasteiger partial charge in [0.25, 0.3) is 5.91 Å². The molecular weight excluding hydrogens is 465 g/mol. The molecule has 0 atom stereocenters. The van der Waals surface area contributed by atoms with E-state index >= 15 is 0 Å². The maximum atomic E-state index is 13.2. The smallest absolute Gasteiger partial charge is 0.252 e. The molecule has 0 aromatic heterocycles. The number of sulfonamides is 1. The van der Waals surface area contributed by atoms with E-state index in [1.54, 1.807) is 0 Å². The van der Waals surface area contributed by atoms with Gasteiger partial charge in [-0.2, -0.15) is 0 Å². The van der Waals surface area contributed by atoms with Crippen molar-refractivity contribution in [2.75, 3.05) is 14.1 Å². The van der Waals surface area contributed by atoms with E-state index in [0.717, 1.165) is 22.5 Å². The first kappa shape index (κ1) is 19.7. The topological polar surface area (TPSA) is 66.5 Å². The van der Waals surface area contributed by atoms with Gasteiger partial charge in [-0.05, 0) is 58.5 Å². The Hall–Kier alpha value is -1.59. The monoisotopic (exact) mass is 480 g/mol. The lowest BCUT2D eigenvalue weighted by atomic mass is 10.2. The van der Waals surface area contributed by atoms with Crippen LogP contribution in [0, 0.1) is 15.2 Å². The largest absolute Gasteiger partial charge is 0.348 e. The fourth-order valence-electron chi connectivity index (χ4n) is 2.04. The number of hydrogen-bond donors (Lipinski definition) is 1. The molecule has 1 N–H and O–H groups in total. The van der Waals surface area contributed by atoms with E-state index in [9.17, 15) is 22.0 Å². The average Bonchev–Trinajstić information content (AvgIpc) is 2.51. The Morgan fingerprint density at radius 3 is 2.28 bits per heavy atom. The predicted octanol–water partition coefficient (Wildman–Crippen LogP) is 2.75. The molecular formula is C16H15F2IN2O3S. The molecule has 1 amide bonds. The summed E-state index contributed by atoms with van der Waals surface area (Å²) in [4.78, 5) is 12.3. The first-order valence-corrected chi connectivity index (χ1v) is 9.58. The number of halogens is 3. The Kier molecular flexibility index (Phi) is 6.12. The van der Waals surface area contributed by atoms with Crippen molar-refractivity contribution in [3.8, 4) is 0 Å². The third kappa shape index (κ3) is 4.73. The highest BCUT2D eigenvalue weighted by atomic mass is 127. The van der Waals surface area contributed by atoms with Crippen molar-refractivity contribution in [2.24, 2.45) is 0 Å². The molecule has 25 heavy (non-hydrogen) atoms. The number of carbonyl (C=O) groups is 1. The number of nitrogens with one attached hydrogen (secondary N) is 1. The molecule has 0 saturated carbocycles. The van der Waals surface area contributed by atoms with Crippen LogP contribution in [0.25, 0.3) is 0 Å². The highest BCUT2D eigenvalue weighted by Crippen LogP contribution is 2.20. The summed E-state index contributed by atoms with van der Waals surface area (Å²) in [7, 11) is -0.888. The Morgan fingerprint density at radius 1 is 1.12 bits per heavy atom. The standard InChI is InChI=1S/C16H15F2IN2O3S/c1-21(2)25(23,24)13-3-4-15(19)14(8-13)16(22)20-9-10-5-11(17)7-12(18)6-10/h3-8H,9H2,1-2H3,(H,20,22). The molecule has 0 aliphatic carbocycles. The van der Waals surface area contributed by atoms with Crippen LogP contribution in [-0.2, 0) is 16.6 Å². The minimum atomic E-state index is -3.68. The quantitative estimate of drug-likeness (QED) is 0.670. The van der Waals surface area contributed by atoms with E-state index in [0.29, 0.717) is 3.57 Å². The van der Waals surface area contributed by atoms with Gasteiger partial charge in [-0.15, -0.1) is 0 Å². The van der Waals surface area contributed by atoms with Crippen molar-refractivity contribution in [3.63, 3.8) is 0 Å². The molecule has 0 bridgehead atoms. The van der Waals surface area contributed by atoms with Crippen molar-refractivity contribution < 1.29 is 22.0 Å². The lowest BCUT2D eigenvalue weighted by molar-refractivity contribution is 0.0949. The molecule has 5 nitrogen and oxygen atoms in total. The number of nitrogens with zero attached hydrogens (tertiary/aromatic N) is 1. The van der Waals surface area contributed by atoms with Crippen LogP contribution in [0.15, 0.2) is 41.3 Å². The third-order valence-corrected chi connectivity index (χ3v) is 6.09. The van der Waals surface area contributed by atoms with Crippen LogP contribution in [-0.4, -0.2) is 32.7 Å². The lowest BCUT2D eigenvalue weighted by Gasteiger charge is -2.13. The van der Waals surface area contributed by atoms with Gasteiger partial charge in [-0.3, -0.25) is 4.79 Å². The van der Waals surface area contributed by atoms with Gasteiger partial charge in [0, 0.05) is 30.3 Å². The minimum absolute atomic E-state index is 0.0140. The average molecular weight is 480 g/mol. The van der Waals surface area contributed by atoms with Crippen molar-refractivity contribution >= 4 is 38.5 Å². The van der Waals surface area contributed by atoms with E-state index < -0.39 is 27.6 Å². The molecule has 2 aromatic carbocycles. The van der Waals surface area contributed by atoms with Crippen LogP contribution in [0.1, 0.15) is 15.9 Å². The second kappa shape index (κ2) is 7.75. The Morgan fingerprint density at radius 2 is 1.72 bits per heavy atom. The second-order valence-electron chi connectivity index (χ2n) is 5.39. The summed E-state index contributed by atoms with van der Waals surface area (Å²) >= 11 is 1.91. The summed E-state index contributed by atoms with van der Waals surface area (Å²) in [6.07, 6.45) is 0. The zero-order chi connectivity index (χ0) is 18.8. The SMILES string of the molecule is CN(C)S(=O)(=O)c1ccc(I)c(C(=O)NCc2cc(F)cc(F)c2)c1. The number of hydrogen-bond acceptors (Lipinski definition) is 3. The summed E-state index contributed by atoms with van der Waals surface area (Å²) in [6.45, 7) is -0.0890. The first-order valence-electron chi connectivity index (χ1n) is 7.06. The molecule has 134 valence electrons. The molecule has 0 spiro atoms. The Bertz CT molecular complexity index is 897. The van der Waals surface area contributed by atoms with Gasteiger partial charge in [-0.25, -0.2) is 21.5 Å². The fourth-order valence-corrected chi connectivity index (χ4v) is 3.55. The normalized spacial score (nSPS) is 11.6. The highest BCUT2D eigenvalue weighted by Gasteiger charge is 2.20. The van der Waals surface area contributed by atoms with E-state index in [1.165, 1.54) is 32.3 Å². The molecule has 0 fully saturated rings. The summed E-state index contributed by atoms with van der Waals surface area (Å²) in [5, 5.41) is 2.53. The lowest BCUT2D eigenvalue weighted by Crippen LogP contribution is -2.26. The molecule has 0 radical (unpaired) electrons. The van der Waals surface area contributed by atoms with Gasteiger partial charge in [0.05, 0.1) is 10.5 Å². The number of carbonyl (C=O) groups excluding carboxylic acids is 1. The first-order chi connectivity index (χ1) is 11.6. The van der Waals surface area contributed by atoms with Gasteiger partial charge in [0.1, 0.15) is 11.6 Å². The summed E-state index contributed by atoms with van der Waals surface area (Å²) in [6, 6.07) is 7.18. The fraction of sp³-hybridized carbons (Fsp3) is 0.188. The molecule has 0 saturated heterocycles. The van der Waals surface area contributed by atoms with Gasteiger partial charge < -0.3 is 5.32 Å². The molecule has 2 aromatic rings.